The Morgan fingerprint density at radius 3 is 2.93 bits per heavy atom. The monoisotopic (exact) mass is 216 g/mol. The van der Waals surface area contributed by atoms with E-state index in [-0.39, 0.29) is 12.4 Å². The molecule has 1 aromatic carbocycles. The van der Waals surface area contributed by atoms with Crippen molar-refractivity contribution >= 4 is 11.8 Å². The summed E-state index contributed by atoms with van der Waals surface area (Å²) in [6, 6.07) is 4.44. The van der Waals surface area contributed by atoms with Crippen molar-refractivity contribution in [3.8, 4) is 0 Å². The van der Waals surface area contributed by atoms with Crippen LogP contribution in [0.2, 0.25) is 0 Å². The summed E-state index contributed by atoms with van der Waals surface area (Å²) in [6.45, 7) is 0.514. The molecule has 0 aliphatic rings. The number of thioether (sulfide) groups is 1. The summed E-state index contributed by atoms with van der Waals surface area (Å²) in [5, 5.41) is 8.99. The second-order valence-corrected chi connectivity index (χ2v) is 3.89. The Morgan fingerprint density at radius 1 is 1.50 bits per heavy atom. The minimum Gasteiger partial charge on any atom is -0.392 e. The van der Waals surface area contributed by atoms with E-state index in [0.29, 0.717) is 12.2 Å². The molecule has 0 radical (unpaired) electrons. The van der Waals surface area contributed by atoms with E-state index in [1.807, 2.05) is 0 Å². The molecule has 0 aliphatic heterocycles. The molecule has 0 heterocycles. The Bertz CT molecular complexity index is 291. The predicted molar refractivity (Wildman–Crippen MR) is 54.9 cm³/mol. The van der Waals surface area contributed by atoms with Crippen LogP contribution >= 0.6 is 11.8 Å². The van der Waals surface area contributed by atoms with E-state index in [2.05, 4.69) is 0 Å². The molecule has 2 nitrogen and oxygen atoms in total. The SMILES string of the molecule is COCCSc1ccc(F)cc1CO. The van der Waals surface area contributed by atoms with E-state index < -0.39 is 0 Å². The van der Waals surface area contributed by atoms with Gasteiger partial charge in [-0.05, 0) is 23.8 Å². The van der Waals surface area contributed by atoms with Gasteiger partial charge in [0.2, 0.25) is 0 Å². The van der Waals surface area contributed by atoms with Crippen molar-refractivity contribution in [3.05, 3.63) is 29.6 Å². The number of aliphatic hydroxyl groups is 1. The zero-order chi connectivity index (χ0) is 10.4. The highest BCUT2D eigenvalue weighted by molar-refractivity contribution is 7.99. The molecule has 0 fully saturated rings. The van der Waals surface area contributed by atoms with Crippen molar-refractivity contribution in [1.29, 1.82) is 0 Å². The van der Waals surface area contributed by atoms with Crippen molar-refractivity contribution < 1.29 is 14.2 Å². The van der Waals surface area contributed by atoms with Crippen LogP contribution in [0.4, 0.5) is 4.39 Å². The summed E-state index contributed by atoms with van der Waals surface area (Å²) in [5.74, 6) is 0.486. The van der Waals surface area contributed by atoms with Crippen LogP contribution in [0, 0.1) is 5.82 Å². The van der Waals surface area contributed by atoms with Gasteiger partial charge in [-0.2, -0.15) is 0 Å². The minimum absolute atomic E-state index is 0.132. The first-order chi connectivity index (χ1) is 6.77. The van der Waals surface area contributed by atoms with Crippen LogP contribution in [0.5, 0.6) is 0 Å². The largest absolute Gasteiger partial charge is 0.392 e. The minimum atomic E-state index is -0.315. The number of ether oxygens (including phenoxy) is 1. The highest BCUT2D eigenvalue weighted by Gasteiger charge is 2.03. The quantitative estimate of drug-likeness (QED) is 0.603. The lowest BCUT2D eigenvalue weighted by Crippen LogP contribution is -1.94. The van der Waals surface area contributed by atoms with Crippen molar-refractivity contribution in [2.75, 3.05) is 19.5 Å². The maximum absolute atomic E-state index is 12.8. The molecule has 0 atom stereocenters. The fraction of sp³-hybridized carbons (Fsp3) is 0.400. The average Bonchev–Trinajstić information content (AvgIpc) is 2.20. The van der Waals surface area contributed by atoms with E-state index in [0.717, 1.165) is 10.6 Å². The van der Waals surface area contributed by atoms with Gasteiger partial charge in [0, 0.05) is 17.8 Å². The zero-order valence-corrected chi connectivity index (χ0v) is 8.81. The third kappa shape index (κ3) is 3.29. The van der Waals surface area contributed by atoms with E-state index in [9.17, 15) is 4.39 Å². The normalized spacial score (nSPS) is 10.5. The van der Waals surface area contributed by atoms with Gasteiger partial charge < -0.3 is 9.84 Å². The summed E-state index contributed by atoms with van der Waals surface area (Å²) in [5.41, 5.74) is 0.631. The second kappa shape index (κ2) is 6.01. The molecule has 0 saturated carbocycles. The Labute approximate surface area is 87.1 Å². The molecular formula is C10H13FO2S. The van der Waals surface area contributed by atoms with Gasteiger partial charge in [-0.3, -0.25) is 0 Å². The lowest BCUT2D eigenvalue weighted by Gasteiger charge is -2.06. The molecule has 0 bridgehead atoms. The highest BCUT2D eigenvalue weighted by atomic mass is 32.2. The fourth-order valence-electron chi connectivity index (χ4n) is 1.05. The Balaban J connectivity index is 2.65. The van der Waals surface area contributed by atoms with Gasteiger partial charge in [-0.25, -0.2) is 4.39 Å². The van der Waals surface area contributed by atoms with Crippen molar-refractivity contribution in [2.45, 2.75) is 11.5 Å². The Kier molecular flexibility index (Phi) is 4.93. The molecule has 0 spiro atoms. The van der Waals surface area contributed by atoms with E-state index in [4.69, 9.17) is 9.84 Å². The van der Waals surface area contributed by atoms with Gasteiger partial charge in [-0.1, -0.05) is 0 Å². The molecule has 1 N–H and O–H groups in total. The van der Waals surface area contributed by atoms with Gasteiger partial charge in [0.05, 0.1) is 13.2 Å². The molecule has 0 unspecified atom stereocenters. The summed E-state index contributed by atoms with van der Waals surface area (Å²) in [4.78, 5) is 0.908. The lowest BCUT2D eigenvalue weighted by atomic mass is 10.2. The third-order valence-corrected chi connectivity index (χ3v) is 2.82. The smallest absolute Gasteiger partial charge is 0.123 e. The standard InChI is InChI=1S/C10H13FO2S/c1-13-4-5-14-10-3-2-9(11)6-8(10)7-12/h2-3,6,12H,4-5,7H2,1H3. The average molecular weight is 216 g/mol. The second-order valence-electron chi connectivity index (χ2n) is 2.75. The summed E-state index contributed by atoms with van der Waals surface area (Å²) in [6.07, 6.45) is 0. The molecule has 1 rings (SSSR count). The molecule has 1 aromatic rings. The van der Waals surface area contributed by atoms with Crippen LogP contribution in [-0.4, -0.2) is 24.6 Å². The van der Waals surface area contributed by atoms with Gasteiger partial charge in [0.25, 0.3) is 0 Å². The molecule has 0 aromatic heterocycles. The number of halogens is 1. The van der Waals surface area contributed by atoms with Gasteiger partial charge >= 0.3 is 0 Å². The molecule has 0 saturated heterocycles. The molecule has 0 aliphatic carbocycles. The number of hydrogen-bond donors (Lipinski definition) is 1. The van der Waals surface area contributed by atoms with Crippen LogP contribution < -0.4 is 0 Å². The Hall–Kier alpha value is -0.580. The molecule has 78 valence electrons. The third-order valence-electron chi connectivity index (χ3n) is 1.74. The van der Waals surface area contributed by atoms with Gasteiger partial charge in [0.15, 0.2) is 0 Å². The van der Waals surface area contributed by atoms with Crippen LogP contribution in [0.15, 0.2) is 23.1 Å². The topological polar surface area (TPSA) is 29.5 Å². The first-order valence-electron chi connectivity index (χ1n) is 4.29. The maximum Gasteiger partial charge on any atom is 0.123 e. The zero-order valence-electron chi connectivity index (χ0n) is 8.00. The number of methoxy groups -OCH3 is 1. The maximum atomic E-state index is 12.8. The number of aliphatic hydroxyl groups excluding tert-OH is 1. The van der Waals surface area contributed by atoms with Gasteiger partial charge in [0.1, 0.15) is 5.82 Å². The Morgan fingerprint density at radius 2 is 2.29 bits per heavy atom. The van der Waals surface area contributed by atoms with Crippen molar-refractivity contribution in [2.24, 2.45) is 0 Å². The van der Waals surface area contributed by atoms with Gasteiger partial charge in [-0.15, -0.1) is 11.8 Å². The van der Waals surface area contributed by atoms with E-state index in [1.165, 1.54) is 12.1 Å². The molecule has 0 amide bonds. The fourth-order valence-corrected chi connectivity index (χ4v) is 1.99. The van der Waals surface area contributed by atoms with Crippen molar-refractivity contribution in [3.63, 3.8) is 0 Å². The van der Waals surface area contributed by atoms with Crippen LogP contribution in [0.25, 0.3) is 0 Å². The van der Waals surface area contributed by atoms with E-state index >= 15 is 0 Å². The highest BCUT2D eigenvalue weighted by Crippen LogP contribution is 2.23. The van der Waals surface area contributed by atoms with Crippen molar-refractivity contribution in [1.82, 2.24) is 0 Å². The summed E-state index contributed by atoms with van der Waals surface area (Å²) >= 11 is 1.55. The van der Waals surface area contributed by atoms with Crippen LogP contribution in [-0.2, 0) is 11.3 Å². The molecule has 14 heavy (non-hydrogen) atoms. The predicted octanol–water partition coefficient (Wildman–Crippen LogP) is 2.06. The van der Waals surface area contributed by atoms with Crippen LogP contribution in [0.3, 0.4) is 0 Å². The summed E-state index contributed by atoms with van der Waals surface area (Å²) < 4.78 is 17.7. The number of rotatable bonds is 5. The lowest BCUT2D eigenvalue weighted by molar-refractivity contribution is 0.218. The van der Waals surface area contributed by atoms with E-state index in [1.54, 1.807) is 24.9 Å². The first kappa shape index (κ1) is 11.5. The first-order valence-corrected chi connectivity index (χ1v) is 5.27. The summed E-state index contributed by atoms with van der Waals surface area (Å²) in [7, 11) is 1.64. The van der Waals surface area contributed by atoms with Crippen LogP contribution in [0.1, 0.15) is 5.56 Å². The number of hydrogen-bond acceptors (Lipinski definition) is 3. The molecular weight excluding hydrogens is 203 g/mol. The number of benzene rings is 1. The molecule has 4 heteroatoms.